The summed E-state index contributed by atoms with van der Waals surface area (Å²) >= 11 is 0. The number of hydrogen-bond acceptors (Lipinski definition) is 3. The van der Waals surface area contributed by atoms with Crippen LogP contribution in [0.4, 0.5) is 26.3 Å². The van der Waals surface area contributed by atoms with Crippen molar-refractivity contribution in [3.05, 3.63) is 70.8 Å². The molecule has 3 atom stereocenters. The molecule has 2 heterocycles. The van der Waals surface area contributed by atoms with Crippen molar-refractivity contribution < 1.29 is 26.3 Å². The molecule has 1 unspecified atom stereocenters. The summed E-state index contributed by atoms with van der Waals surface area (Å²) in [4.78, 5) is 4.89. The highest BCUT2D eigenvalue weighted by Crippen LogP contribution is 2.44. The summed E-state index contributed by atoms with van der Waals surface area (Å²) in [6.45, 7) is 4.13. The van der Waals surface area contributed by atoms with Gasteiger partial charge in [-0.15, -0.1) is 0 Å². The largest absolute Gasteiger partial charge is 0.416 e. The third-order valence-corrected chi connectivity index (χ3v) is 7.61. The van der Waals surface area contributed by atoms with Crippen molar-refractivity contribution >= 4 is 0 Å². The summed E-state index contributed by atoms with van der Waals surface area (Å²) < 4.78 is 81.6. The van der Waals surface area contributed by atoms with Crippen molar-refractivity contribution in [2.24, 2.45) is 0 Å². The summed E-state index contributed by atoms with van der Waals surface area (Å²) in [7, 11) is 0. The Labute approximate surface area is 201 Å². The molecule has 190 valence electrons. The zero-order valence-electron chi connectivity index (χ0n) is 19.2. The average molecular weight is 498 g/mol. The standard InChI is InChI=1S/C26H29F6N3/c27-25(28,29)19-14-18(15-20(16-19)26(30,31)32)24-23(17-4-2-1-3-5-17)22(8-9-33-24)35-12-10-34(11-13-35)21-6-7-21/h1-5,14-16,21-24,33H,6-13H2/t22?,23-,24-/m1/s1. The maximum Gasteiger partial charge on any atom is 0.416 e. The van der Waals surface area contributed by atoms with Crippen LogP contribution in [-0.4, -0.2) is 54.6 Å². The predicted octanol–water partition coefficient (Wildman–Crippen LogP) is 5.69. The van der Waals surface area contributed by atoms with E-state index in [4.69, 9.17) is 0 Å². The molecule has 3 aliphatic rings. The van der Waals surface area contributed by atoms with E-state index in [1.165, 1.54) is 12.8 Å². The molecular formula is C26H29F6N3. The van der Waals surface area contributed by atoms with Gasteiger partial charge in [0.05, 0.1) is 11.1 Å². The van der Waals surface area contributed by atoms with Gasteiger partial charge < -0.3 is 5.32 Å². The van der Waals surface area contributed by atoms with Gasteiger partial charge in [-0.05, 0) is 55.1 Å². The van der Waals surface area contributed by atoms with E-state index >= 15 is 0 Å². The number of alkyl halides is 6. The summed E-state index contributed by atoms with van der Waals surface area (Å²) in [6.07, 6.45) is -6.49. The van der Waals surface area contributed by atoms with Crippen molar-refractivity contribution in [1.29, 1.82) is 0 Å². The fourth-order valence-corrected chi connectivity index (χ4v) is 5.77. The Kier molecular flexibility index (Phi) is 6.61. The second kappa shape index (κ2) is 9.41. The minimum atomic E-state index is -4.87. The van der Waals surface area contributed by atoms with Crippen molar-refractivity contribution in [2.45, 2.75) is 55.7 Å². The molecule has 1 saturated carbocycles. The van der Waals surface area contributed by atoms with Crippen LogP contribution < -0.4 is 5.32 Å². The SMILES string of the molecule is FC(F)(F)c1cc([C@H]2NCCC(N3CCN(C4CC4)CC3)[C@H]2c2ccccc2)cc(C(F)(F)F)c1. The lowest BCUT2D eigenvalue weighted by Gasteiger charge is -2.48. The Bertz CT molecular complexity index is 978. The van der Waals surface area contributed by atoms with Crippen LogP contribution in [0.15, 0.2) is 48.5 Å². The van der Waals surface area contributed by atoms with Gasteiger partial charge in [-0.2, -0.15) is 26.3 Å². The Morgan fingerprint density at radius 2 is 1.26 bits per heavy atom. The zero-order valence-corrected chi connectivity index (χ0v) is 19.2. The van der Waals surface area contributed by atoms with E-state index in [-0.39, 0.29) is 23.6 Å². The van der Waals surface area contributed by atoms with Crippen LogP contribution in [0.2, 0.25) is 0 Å². The second-order valence-corrected chi connectivity index (χ2v) is 9.87. The van der Waals surface area contributed by atoms with Gasteiger partial charge in [0.15, 0.2) is 0 Å². The first-order chi connectivity index (χ1) is 16.6. The smallest absolute Gasteiger partial charge is 0.309 e. The van der Waals surface area contributed by atoms with E-state index in [1.54, 1.807) is 0 Å². The molecule has 0 spiro atoms. The van der Waals surface area contributed by atoms with E-state index in [0.29, 0.717) is 12.6 Å². The Morgan fingerprint density at radius 1 is 0.686 bits per heavy atom. The Hall–Kier alpha value is -2.10. The molecule has 1 aliphatic carbocycles. The lowest BCUT2D eigenvalue weighted by Crippen LogP contribution is -2.56. The van der Waals surface area contributed by atoms with E-state index in [2.05, 4.69) is 15.1 Å². The molecule has 2 aliphatic heterocycles. The van der Waals surface area contributed by atoms with Crippen molar-refractivity contribution in [3.63, 3.8) is 0 Å². The Morgan fingerprint density at radius 3 is 1.80 bits per heavy atom. The van der Waals surface area contributed by atoms with E-state index in [9.17, 15) is 26.3 Å². The highest BCUT2D eigenvalue weighted by molar-refractivity contribution is 5.38. The number of halogens is 6. The molecule has 3 fully saturated rings. The van der Waals surface area contributed by atoms with Gasteiger partial charge in [-0.1, -0.05) is 30.3 Å². The van der Waals surface area contributed by atoms with Crippen LogP contribution >= 0.6 is 0 Å². The highest BCUT2D eigenvalue weighted by atomic mass is 19.4. The topological polar surface area (TPSA) is 18.5 Å². The molecule has 35 heavy (non-hydrogen) atoms. The van der Waals surface area contributed by atoms with Crippen LogP contribution in [-0.2, 0) is 12.4 Å². The fourth-order valence-electron chi connectivity index (χ4n) is 5.77. The van der Waals surface area contributed by atoms with E-state index in [0.717, 1.165) is 50.3 Å². The van der Waals surface area contributed by atoms with E-state index < -0.39 is 29.5 Å². The van der Waals surface area contributed by atoms with Crippen LogP contribution in [0.3, 0.4) is 0 Å². The van der Waals surface area contributed by atoms with Gasteiger partial charge in [0.2, 0.25) is 0 Å². The third-order valence-electron chi connectivity index (χ3n) is 7.61. The third kappa shape index (κ3) is 5.37. The zero-order chi connectivity index (χ0) is 24.8. The minimum Gasteiger partial charge on any atom is -0.309 e. The highest BCUT2D eigenvalue weighted by Gasteiger charge is 2.43. The average Bonchev–Trinajstić information content (AvgIpc) is 3.68. The van der Waals surface area contributed by atoms with Crippen molar-refractivity contribution in [3.8, 4) is 0 Å². The number of hydrogen-bond donors (Lipinski definition) is 1. The van der Waals surface area contributed by atoms with Gasteiger partial charge in [-0.25, -0.2) is 0 Å². The Balaban J connectivity index is 1.52. The van der Waals surface area contributed by atoms with Crippen molar-refractivity contribution in [1.82, 2.24) is 15.1 Å². The summed E-state index contributed by atoms with van der Waals surface area (Å²) in [6, 6.07) is 11.5. The molecule has 0 radical (unpaired) electrons. The van der Waals surface area contributed by atoms with Crippen LogP contribution in [0, 0.1) is 0 Å². The van der Waals surface area contributed by atoms with Gasteiger partial charge in [0.1, 0.15) is 0 Å². The molecule has 3 nitrogen and oxygen atoms in total. The molecular weight excluding hydrogens is 468 g/mol. The molecule has 2 aromatic rings. The molecule has 0 aromatic heterocycles. The van der Waals surface area contributed by atoms with Gasteiger partial charge in [-0.3, -0.25) is 9.80 Å². The summed E-state index contributed by atoms with van der Waals surface area (Å²) in [5.74, 6) is -0.276. The molecule has 5 rings (SSSR count). The quantitative estimate of drug-likeness (QED) is 0.548. The lowest BCUT2D eigenvalue weighted by atomic mass is 9.76. The van der Waals surface area contributed by atoms with E-state index in [1.807, 2.05) is 30.3 Å². The molecule has 0 amide bonds. The molecule has 2 aromatic carbocycles. The first-order valence-electron chi connectivity index (χ1n) is 12.2. The molecule has 0 bridgehead atoms. The minimum absolute atomic E-state index is 0.0221. The van der Waals surface area contributed by atoms with Crippen LogP contribution in [0.1, 0.15) is 53.5 Å². The van der Waals surface area contributed by atoms with Gasteiger partial charge in [0.25, 0.3) is 0 Å². The second-order valence-electron chi connectivity index (χ2n) is 9.87. The maximum atomic E-state index is 13.6. The van der Waals surface area contributed by atoms with Crippen LogP contribution in [0.25, 0.3) is 0 Å². The first kappa shape index (κ1) is 24.6. The summed E-state index contributed by atoms with van der Waals surface area (Å²) in [5.41, 5.74) is -1.58. The van der Waals surface area contributed by atoms with Gasteiger partial charge >= 0.3 is 12.4 Å². The van der Waals surface area contributed by atoms with Crippen molar-refractivity contribution in [2.75, 3.05) is 32.7 Å². The van der Waals surface area contributed by atoms with Crippen LogP contribution in [0.5, 0.6) is 0 Å². The molecule has 9 heteroatoms. The monoisotopic (exact) mass is 497 g/mol. The lowest BCUT2D eigenvalue weighted by molar-refractivity contribution is -0.143. The number of piperidine rings is 1. The number of nitrogens with zero attached hydrogens (tertiary/aromatic N) is 2. The number of piperazine rings is 1. The number of nitrogens with one attached hydrogen (secondary N) is 1. The number of rotatable bonds is 4. The normalized spacial score (nSPS) is 27.2. The predicted molar refractivity (Wildman–Crippen MR) is 121 cm³/mol. The molecule has 1 N–H and O–H groups in total. The number of benzene rings is 2. The molecule has 2 saturated heterocycles. The fraction of sp³-hybridized carbons (Fsp3) is 0.538. The van der Waals surface area contributed by atoms with Gasteiger partial charge in [0, 0.05) is 50.2 Å². The maximum absolute atomic E-state index is 13.6. The summed E-state index contributed by atoms with van der Waals surface area (Å²) in [5, 5.41) is 3.28. The first-order valence-corrected chi connectivity index (χ1v) is 12.2.